The van der Waals surface area contributed by atoms with E-state index in [9.17, 15) is 4.79 Å². The largest absolute Gasteiger partial charge is 0.354 e. The molecule has 8 heteroatoms. The standard InChI is InChI=1S/C28H29N7O/c1-2-22-28-20(17-25(36)24-18-30-26-10-3-4-14-34(24)26)7-5-9-23(28)35(32-22)19-21-8-6-11-27(31-21)33-15-12-29-13-16-33/h3-11,14,18,29H,2,12-13,15-17,19H2,1H3. The SMILES string of the molecule is CCc1nn(Cc2cccc(N3CCNCC3)n2)c2cccc(CC(=O)c3cnc4ccccn34)c12. The molecule has 0 saturated carbocycles. The minimum Gasteiger partial charge on any atom is -0.354 e. The number of aromatic nitrogens is 5. The van der Waals surface area contributed by atoms with Gasteiger partial charge in [0.15, 0.2) is 5.78 Å². The zero-order chi connectivity index (χ0) is 24.5. The molecular formula is C28H29N7O. The lowest BCUT2D eigenvalue weighted by Crippen LogP contribution is -2.43. The summed E-state index contributed by atoms with van der Waals surface area (Å²) in [5.74, 6) is 1.06. The molecule has 0 radical (unpaired) electrons. The van der Waals surface area contributed by atoms with Crippen LogP contribution in [0.25, 0.3) is 16.6 Å². The molecule has 0 unspecified atom stereocenters. The number of fused-ring (bicyclic) bond motifs is 2. The van der Waals surface area contributed by atoms with Crippen LogP contribution < -0.4 is 10.2 Å². The molecule has 1 aliphatic heterocycles. The van der Waals surface area contributed by atoms with Crippen molar-refractivity contribution >= 4 is 28.2 Å². The fourth-order valence-corrected chi connectivity index (χ4v) is 5.08. The van der Waals surface area contributed by atoms with Gasteiger partial charge in [-0.15, -0.1) is 0 Å². The number of hydrogen-bond donors (Lipinski definition) is 1. The van der Waals surface area contributed by atoms with E-state index in [1.54, 1.807) is 6.20 Å². The van der Waals surface area contributed by atoms with Gasteiger partial charge in [0, 0.05) is 44.2 Å². The Bertz CT molecular complexity index is 1540. The molecule has 36 heavy (non-hydrogen) atoms. The average Bonchev–Trinajstić information content (AvgIpc) is 3.52. The van der Waals surface area contributed by atoms with Gasteiger partial charge in [0.1, 0.15) is 17.2 Å². The van der Waals surface area contributed by atoms with E-state index in [0.717, 1.165) is 71.9 Å². The first-order chi connectivity index (χ1) is 17.7. The molecule has 5 heterocycles. The molecule has 0 bridgehead atoms. The van der Waals surface area contributed by atoms with Crippen LogP contribution in [0.1, 0.15) is 34.4 Å². The monoisotopic (exact) mass is 479 g/mol. The van der Waals surface area contributed by atoms with Crippen LogP contribution in [0.4, 0.5) is 5.82 Å². The summed E-state index contributed by atoms with van der Waals surface area (Å²) in [5.41, 5.74) is 5.38. The number of benzene rings is 1. The number of carbonyl (C=O) groups is 1. The van der Waals surface area contributed by atoms with Crippen LogP contribution in [0.3, 0.4) is 0 Å². The highest BCUT2D eigenvalue weighted by atomic mass is 16.1. The van der Waals surface area contributed by atoms with Crippen LogP contribution >= 0.6 is 0 Å². The fourth-order valence-electron chi connectivity index (χ4n) is 5.08. The molecule has 8 nitrogen and oxygen atoms in total. The lowest BCUT2D eigenvalue weighted by atomic mass is 10.0. The molecule has 0 amide bonds. The van der Waals surface area contributed by atoms with Crippen molar-refractivity contribution in [1.82, 2.24) is 29.5 Å². The van der Waals surface area contributed by atoms with Gasteiger partial charge in [0.25, 0.3) is 0 Å². The molecule has 4 aromatic heterocycles. The molecule has 182 valence electrons. The molecule has 6 rings (SSSR count). The maximum atomic E-state index is 13.3. The third kappa shape index (κ3) is 4.13. The molecule has 1 aromatic carbocycles. The van der Waals surface area contributed by atoms with Gasteiger partial charge in [-0.25, -0.2) is 9.97 Å². The van der Waals surface area contributed by atoms with Crippen LogP contribution in [0.2, 0.25) is 0 Å². The lowest BCUT2D eigenvalue weighted by molar-refractivity contribution is 0.0987. The van der Waals surface area contributed by atoms with Gasteiger partial charge >= 0.3 is 0 Å². The van der Waals surface area contributed by atoms with E-state index < -0.39 is 0 Å². The van der Waals surface area contributed by atoms with Gasteiger partial charge in [0.05, 0.1) is 29.6 Å². The highest BCUT2D eigenvalue weighted by Gasteiger charge is 2.19. The number of anilines is 1. The number of nitrogens with one attached hydrogen (secondary N) is 1. The predicted molar refractivity (Wildman–Crippen MR) is 141 cm³/mol. The van der Waals surface area contributed by atoms with Crippen molar-refractivity contribution in [2.75, 3.05) is 31.1 Å². The zero-order valence-electron chi connectivity index (χ0n) is 20.4. The summed E-state index contributed by atoms with van der Waals surface area (Å²) in [6.45, 7) is 6.58. The highest BCUT2D eigenvalue weighted by molar-refractivity contribution is 5.99. The summed E-state index contributed by atoms with van der Waals surface area (Å²) in [6, 6.07) is 18.1. The van der Waals surface area contributed by atoms with Crippen molar-refractivity contribution < 1.29 is 4.79 Å². The van der Waals surface area contributed by atoms with E-state index >= 15 is 0 Å². The Hall–Kier alpha value is -4.04. The Morgan fingerprint density at radius 2 is 1.89 bits per heavy atom. The first-order valence-corrected chi connectivity index (χ1v) is 12.6. The van der Waals surface area contributed by atoms with E-state index in [1.165, 1.54) is 0 Å². The molecule has 1 aliphatic rings. The molecule has 1 N–H and O–H groups in total. The molecule has 0 atom stereocenters. The maximum absolute atomic E-state index is 13.3. The van der Waals surface area contributed by atoms with Gasteiger partial charge in [-0.1, -0.05) is 31.2 Å². The third-order valence-electron chi connectivity index (χ3n) is 6.87. The van der Waals surface area contributed by atoms with Gasteiger partial charge in [-0.3, -0.25) is 13.9 Å². The van der Waals surface area contributed by atoms with Gasteiger partial charge in [-0.2, -0.15) is 5.10 Å². The second-order valence-corrected chi connectivity index (χ2v) is 9.17. The van der Waals surface area contributed by atoms with E-state index in [0.29, 0.717) is 18.7 Å². The molecule has 1 fully saturated rings. The first-order valence-electron chi connectivity index (χ1n) is 12.6. The van der Waals surface area contributed by atoms with Gasteiger partial charge in [-0.05, 0) is 42.3 Å². The first kappa shape index (κ1) is 22.4. The Morgan fingerprint density at radius 3 is 2.75 bits per heavy atom. The van der Waals surface area contributed by atoms with Gasteiger partial charge in [0.2, 0.25) is 0 Å². The zero-order valence-corrected chi connectivity index (χ0v) is 20.4. The van der Waals surface area contributed by atoms with Crippen LogP contribution in [0.15, 0.2) is 67.0 Å². The normalized spacial score (nSPS) is 14.1. The summed E-state index contributed by atoms with van der Waals surface area (Å²) >= 11 is 0. The van der Waals surface area contributed by atoms with E-state index in [2.05, 4.69) is 46.4 Å². The van der Waals surface area contributed by atoms with Crippen LogP contribution in [0, 0.1) is 0 Å². The second-order valence-electron chi connectivity index (χ2n) is 9.17. The van der Waals surface area contributed by atoms with E-state index in [4.69, 9.17) is 10.1 Å². The quantitative estimate of drug-likeness (QED) is 0.360. The van der Waals surface area contributed by atoms with Crippen LogP contribution in [-0.4, -0.2) is 56.1 Å². The lowest BCUT2D eigenvalue weighted by Gasteiger charge is -2.28. The average molecular weight is 480 g/mol. The molecule has 1 saturated heterocycles. The topological polar surface area (TPSA) is 80.3 Å². The van der Waals surface area contributed by atoms with Crippen molar-refractivity contribution in [2.24, 2.45) is 0 Å². The van der Waals surface area contributed by atoms with Crippen LogP contribution in [-0.2, 0) is 19.4 Å². The number of ketones is 1. The number of rotatable bonds is 7. The van der Waals surface area contributed by atoms with Crippen LogP contribution in [0.5, 0.6) is 0 Å². The Kier molecular flexibility index (Phi) is 5.95. The smallest absolute Gasteiger partial charge is 0.185 e. The van der Waals surface area contributed by atoms with Crippen molar-refractivity contribution in [3.05, 3.63) is 89.6 Å². The number of Topliss-reactive ketones (excluding diaryl/α,β-unsaturated/α-hetero) is 1. The number of hydrogen-bond acceptors (Lipinski definition) is 6. The predicted octanol–water partition coefficient (Wildman–Crippen LogP) is 3.52. The number of nitrogens with zero attached hydrogens (tertiary/aromatic N) is 6. The highest BCUT2D eigenvalue weighted by Crippen LogP contribution is 2.26. The maximum Gasteiger partial charge on any atom is 0.185 e. The van der Waals surface area contributed by atoms with Crippen molar-refractivity contribution in [3.8, 4) is 0 Å². The molecule has 0 aliphatic carbocycles. The number of aryl methyl sites for hydroxylation is 1. The van der Waals surface area contributed by atoms with E-state index in [-0.39, 0.29) is 5.78 Å². The molecule has 5 aromatic rings. The number of pyridine rings is 2. The summed E-state index contributed by atoms with van der Waals surface area (Å²) < 4.78 is 3.88. The summed E-state index contributed by atoms with van der Waals surface area (Å²) in [5, 5.41) is 9.41. The molecular weight excluding hydrogens is 450 g/mol. The van der Waals surface area contributed by atoms with Crippen molar-refractivity contribution in [2.45, 2.75) is 26.3 Å². The number of piperazine rings is 1. The minimum atomic E-state index is 0.0430. The second kappa shape index (κ2) is 9.54. The van der Waals surface area contributed by atoms with Crippen molar-refractivity contribution in [3.63, 3.8) is 0 Å². The van der Waals surface area contributed by atoms with Crippen molar-refractivity contribution in [1.29, 1.82) is 0 Å². The van der Waals surface area contributed by atoms with Gasteiger partial charge < -0.3 is 10.2 Å². The summed E-state index contributed by atoms with van der Waals surface area (Å²) in [4.78, 5) is 25.0. The third-order valence-corrected chi connectivity index (χ3v) is 6.87. The summed E-state index contributed by atoms with van der Waals surface area (Å²) in [6.07, 6.45) is 4.64. The minimum absolute atomic E-state index is 0.0430. The molecule has 0 spiro atoms. The summed E-state index contributed by atoms with van der Waals surface area (Å²) in [7, 11) is 0. The number of carbonyl (C=O) groups excluding carboxylic acids is 1. The number of imidazole rings is 1. The van der Waals surface area contributed by atoms with E-state index in [1.807, 2.05) is 45.6 Å². The Labute approximate surface area is 209 Å². The fraction of sp³-hybridized carbons (Fsp3) is 0.286. The Morgan fingerprint density at radius 1 is 1.03 bits per heavy atom. The Balaban J connectivity index is 1.31.